The third-order valence-corrected chi connectivity index (χ3v) is 16.1. The Hall–Kier alpha value is -4.70. The van der Waals surface area contributed by atoms with Gasteiger partial charge in [-0.3, -0.25) is 4.90 Å². The molecule has 10 rings (SSSR count). The highest BCUT2D eigenvalue weighted by Crippen LogP contribution is 2.53. The summed E-state index contributed by atoms with van der Waals surface area (Å²) in [7, 11) is 0. The van der Waals surface area contributed by atoms with Crippen molar-refractivity contribution < 1.29 is 4.42 Å². The number of fused-ring (bicyclic) bond motifs is 8. The molecule has 6 aromatic rings. The van der Waals surface area contributed by atoms with Crippen LogP contribution in [0.1, 0.15) is 167 Å². The number of furan rings is 1. The molecule has 5 aromatic carbocycles. The first-order valence-electron chi connectivity index (χ1n) is 23.6. The Morgan fingerprint density at radius 2 is 1.03 bits per heavy atom. The first-order chi connectivity index (χ1) is 28.8. The Kier molecular flexibility index (Phi) is 8.63. The van der Waals surface area contributed by atoms with Gasteiger partial charge in [0, 0.05) is 33.6 Å². The molecule has 0 N–H and O–H groups in total. The SMILES string of the molecule is Cc1cc2c3c(c1)N(c1ccc(C(C)(C)C)cc1C)c1oc4ccc(C(C)(C)C)cc4c1B3c1cc3c(cc1N2c1ccc2c(c1)C(C)(C)CCC2(C)C)C(C)(C)CCC3(C)C. The number of hydrogen-bond donors (Lipinski definition) is 0. The molecule has 62 heavy (non-hydrogen) atoms. The lowest BCUT2D eigenvalue weighted by Crippen LogP contribution is -2.61. The van der Waals surface area contributed by atoms with Crippen molar-refractivity contribution in [2.75, 3.05) is 9.80 Å². The highest BCUT2D eigenvalue weighted by Gasteiger charge is 2.49. The van der Waals surface area contributed by atoms with Gasteiger partial charge in [0.15, 0.2) is 0 Å². The molecule has 0 fully saturated rings. The molecule has 1 aromatic heterocycles. The van der Waals surface area contributed by atoms with Crippen LogP contribution in [0.2, 0.25) is 0 Å². The number of benzene rings is 5. The van der Waals surface area contributed by atoms with Crippen LogP contribution < -0.4 is 26.2 Å². The molecule has 0 amide bonds. The van der Waals surface area contributed by atoms with Gasteiger partial charge in [0.2, 0.25) is 5.88 Å². The molecule has 4 heteroatoms. The topological polar surface area (TPSA) is 19.6 Å². The van der Waals surface area contributed by atoms with Crippen molar-refractivity contribution in [3.63, 3.8) is 0 Å². The van der Waals surface area contributed by atoms with Gasteiger partial charge in [0.25, 0.3) is 6.71 Å². The van der Waals surface area contributed by atoms with Crippen molar-refractivity contribution in [2.24, 2.45) is 0 Å². The third-order valence-electron chi connectivity index (χ3n) is 16.1. The summed E-state index contributed by atoms with van der Waals surface area (Å²) in [5, 5.41) is 1.22. The lowest BCUT2D eigenvalue weighted by atomic mass is 9.33. The zero-order chi connectivity index (χ0) is 44.4. The standard InChI is InChI=1S/C58H69BN2O/c1-34-27-47-51-48(28-34)61(45-21-17-36(29-35(45)2)53(3,4)5)52-50(39-30-37(54(6,7)8)18-22-49(39)62-52)59(51)44-32-42-43(58(15,16)26-25-57(42,13)14)33-46(44)60(47)38-19-20-40-41(31-38)56(11,12)24-23-55(40,9)10/h17-22,27-33H,23-26H2,1-16H3. The van der Waals surface area contributed by atoms with E-state index in [0.717, 1.165) is 11.5 Å². The molecular formula is C58H69BN2O. The van der Waals surface area contributed by atoms with Crippen molar-refractivity contribution in [1.29, 1.82) is 0 Å². The highest BCUT2D eigenvalue weighted by atomic mass is 16.4. The summed E-state index contributed by atoms with van der Waals surface area (Å²) < 4.78 is 7.30. The van der Waals surface area contributed by atoms with Crippen molar-refractivity contribution in [2.45, 2.75) is 169 Å². The molecule has 2 aliphatic heterocycles. The maximum Gasteiger partial charge on any atom is 0.257 e. The van der Waals surface area contributed by atoms with Crippen LogP contribution in [0.15, 0.2) is 83.3 Å². The average molecular weight is 821 g/mol. The first-order valence-corrected chi connectivity index (χ1v) is 23.6. The largest absolute Gasteiger partial charge is 0.440 e. The van der Waals surface area contributed by atoms with E-state index in [1.165, 1.54) is 120 Å². The molecule has 0 saturated carbocycles. The van der Waals surface area contributed by atoms with Gasteiger partial charge in [0.1, 0.15) is 5.58 Å². The van der Waals surface area contributed by atoms with Crippen molar-refractivity contribution in [3.8, 4) is 0 Å². The molecule has 3 nitrogen and oxygen atoms in total. The normalized spacial score (nSPS) is 19.1. The van der Waals surface area contributed by atoms with E-state index in [2.05, 4.69) is 199 Å². The maximum atomic E-state index is 7.30. The van der Waals surface area contributed by atoms with Crippen molar-refractivity contribution in [1.82, 2.24) is 0 Å². The van der Waals surface area contributed by atoms with E-state index in [0.29, 0.717) is 0 Å². The van der Waals surface area contributed by atoms with E-state index in [-0.39, 0.29) is 39.2 Å². The minimum absolute atomic E-state index is 0.0169. The Bertz CT molecular complexity index is 2870. The predicted octanol–water partition coefficient (Wildman–Crippen LogP) is 14.4. The van der Waals surface area contributed by atoms with E-state index in [9.17, 15) is 0 Å². The predicted molar refractivity (Wildman–Crippen MR) is 268 cm³/mol. The van der Waals surface area contributed by atoms with E-state index in [1.54, 1.807) is 0 Å². The fourth-order valence-corrected chi connectivity index (χ4v) is 11.8. The van der Waals surface area contributed by atoms with Gasteiger partial charge in [-0.1, -0.05) is 127 Å². The number of hydrogen-bond acceptors (Lipinski definition) is 3. The second-order valence-electron chi connectivity index (χ2n) is 24.6. The van der Waals surface area contributed by atoms with E-state index < -0.39 is 0 Å². The second-order valence-corrected chi connectivity index (χ2v) is 24.6. The maximum absolute atomic E-state index is 7.30. The smallest absolute Gasteiger partial charge is 0.257 e. The summed E-state index contributed by atoms with van der Waals surface area (Å²) in [6.07, 6.45) is 4.72. The summed E-state index contributed by atoms with van der Waals surface area (Å²) in [6, 6.07) is 31.8. The molecule has 0 bridgehead atoms. The van der Waals surface area contributed by atoms with Gasteiger partial charge < -0.3 is 9.32 Å². The summed E-state index contributed by atoms with van der Waals surface area (Å²) in [5.74, 6) is 0.946. The summed E-state index contributed by atoms with van der Waals surface area (Å²) in [6.45, 7) is 38.2. The Morgan fingerprint density at radius 3 is 1.63 bits per heavy atom. The van der Waals surface area contributed by atoms with Gasteiger partial charge >= 0.3 is 0 Å². The molecule has 4 aliphatic rings. The molecule has 0 atom stereocenters. The van der Waals surface area contributed by atoms with Gasteiger partial charge in [-0.25, -0.2) is 0 Å². The zero-order valence-electron chi connectivity index (χ0n) is 40.7. The quantitative estimate of drug-likeness (QED) is 0.162. The number of anilines is 6. The van der Waals surface area contributed by atoms with E-state index in [4.69, 9.17) is 4.42 Å². The molecule has 0 radical (unpaired) electrons. The molecular weight excluding hydrogens is 751 g/mol. The zero-order valence-corrected chi connectivity index (χ0v) is 40.7. The minimum Gasteiger partial charge on any atom is -0.440 e. The van der Waals surface area contributed by atoms with Crippen LogP contribution in [0, 0.1) is 13.8 Å². The monoisotopic (exact) mass is 821 g/mol. The Balaban J connectivity index is 1.35. The fraction of sp³-hybridized carbons (Fsp3) is 0.448. The number of nitrogens with zero attached hydrogens (tertiary/aromatic N) is 2. The number of rotatable bonds is 2. The van der Waals surface area contributed by atoms with E-state index >= 15 is 0 Å². The molecule has 2 aliphatic carbocycles. The van der Waals surface area contributed by atoms with E-state index in [1.807, 2.05) is 0 Å². The number of aryl methyl sites for hydroxylation is 2. The van der Waals surface area contributed by atoms with Gasteiger partial charge in [0.05, 0.1) is 5.69 Å². The molecule has 320 valence electrons. The molecule has 0 saturated heterocycles. The van der Waals surface area contributed by atoms with Gasteiger partial charge in [-0.15, -0.1) is 0 Å². The summed E-state index contributed by atoms with van der Waals surface area (Å²) >= 11 is 0. The lowest BCUT2D eigenvalue weighted by Gasteiger charge is -2.47. The first kappa shape index (κ1) is 41.3. The van der Waals surface area contributed by atoms with Gasteiger partial charge in [-0.2, -0.15) is 0 Å². The van der Waals surface area contributed by atoms with Crippen LogP contribution in [-0.4, -0.2) is 6.71 Å². The summed E-state index contributed by atoms with van der Waals surface area (Å²) in [4.78, 5) is 5.17. The third kappa shape index (κ3) is 6.04. The van der Waals surface area contributed by atoms with Crippen LogP contribution in [-0.2, 0) is 32.5 Å². The highest BCUT2D eigenvalue weighted by molar-refractivity contribution is 7.01. The lowest BCUT2D eigenvalue weighted by molar-refractivity contribution is 0.332. The average Bonchev–Trinajstić information content (AvgIpc) is 3.56. The minimum atomic E-state index is -0.0251. The Labute approximate surface area is 373 Å². The van der Waals surface area contributed by atoms with Crippen LogP contribution in [0.4, 0.5) is 34.3 Å². The summed E-state index contributed by atoms with van der Waals surface area (Å²) in [5.41, 5.74) is 22.7. The fourth-order valence-electron chi connectivity index (χ4n) is 11.8. The van der Waals surface area contributed by atoms with Crippen LogP contribution in [0.25, 0.3) is 11.0 Å². The molecule has 0 unspecified atom stereocenters. The van der Waals surface area contributed by atoms with Gasteiger partial charge in [-0.05, 0) is 176 Å². The molecule has 0 spiro atoms. The molecule has 3 heterocycles. The van der Waals surface area contributed by atoms with Crippen molar-refractivity contribution in [3.05, 3.63) is 123 Å². The van der Waals surface area contributed by atoms with Crippen LogP contribution in [0.3, 0.4) is 0 Å². The second kappa shape index (κ2) is 13.0. The van der Waals surface area contributed by atoms with Crippen molar-refractivity contribution >= 4 is 68.4 Å². The van der Waals surface area contributed by atoms with Crippen LogP contribution >= 0.6 is 0 Å². The van der Waals surface area contributed by atoms with Crippen LogP contribution in [0.5, 0.6) is 0 Å². The Morgan fingerprint density at radius 1 is 0.500 bits per heavy atom.